The van der Waals surface area contributed by atoms with Crippen molar-refractivity contribution in [3.63, 3.8) is 0 Å². The number of ketones is 1. The number of sulfonamides is 1. The summed E-state index contributed by atoms with van der Waals surface area (Å²) in [5, 5.41) is 9.16. The van der Waals surface area contributed by atoms with E-state index in [2.05, 4.69) is 4.98 Å². The van der Waals surface area contributed by atoms with Crippen molar-refractivity contribution in [3.05, 3.63) is 87.2 Å². The van der Waals surface area contributed by atoms with Gasteiger partial charge < -0.3 is 9.72 Å². The van der Waals surface area contributed by atoms with Crippen LogP contribution < -0.4 is 21.5 Å². The number of benzene rings is 2. The summed E-state index contributed by atoms with van der Waals surface area (Å²) in [6, 6.07) is 13.8. The van der Waals surface area contributed by atoms with E-state index in [0.29, 0.717) is 11.5 Å². The van der Waals surface area contributed by atoms with Gasteiger partial charge in [0.05, 0.1) is 10.6 Å². The molecular formula is C23H24N4O8S. The Balaban J connectivity index is 1.82. The Morgan fingerprint density at radius 1 is 1.08 bits per heavy atom. The predicted octanol–water partition coefficient (Wildman–Crippen LogP) is 1.12. The van der Waals surface area contributed by atoms with Gasteiger partial charge in [-0.15, -0.1) is 0 Å². The minimum Gasteiger partial charge on any atom is -0.457 e. The molecule has 0 spiro atoms. The lowest BCUT2D eigenvalue weighted by Gasteiger charge is -2.26. The van der Waals surface area contributed by atoms with E-state index in [1.54, 1.807) is 24.3 Å². The van der Waals surface area contributed by atoms with Crippen LogP contribution in [0.1, 0.15) is 23.8 Å². The number of nitrogens with one attached hydrogen (secondary N) is 2. The third-order valence-corrected chi connectivity index (χ3v) is 7.24. The highest BCUT2D eigenvalue weighted by atomic mass is 32.2. The van der Waals surface area contributed by atoms with Gasteiger partial charge in [0.25, 0.3) is 11.5 Å². The molecule has 0 aliphatic rings. The molecule has 3 rings (SSSR count). The van der Waals surface area contributed by atoms with E-state index < -0.39 is 39.0 Å². The zero-order chi connectivity index (χ0) is 26.5. The maximum Gasteiger partial charge on any atom is 0.328 e. The number of hydrogen-bond acceptors (Lipinski definition) is 8. The van der Waals surface area contributed by atoms with Crippen LogP contribution in [0, 0.1) is 0 Å². The topological polar surface area (TPSA) is 168 Å². The number of hydrogen-bond donors (Lipinski definition) is 3. The number of nitrogens with zero attached hydrogens (tertiary/aromatic N) is 2. The summed E-state index contributed by atoms with van der Waals surface area (Å²) in [6.45, 7) is 0.810. The Labute approximate surface area is 205 Å². The van der Waals surface area contributed by atoms with Crippen molar-refractivity contribution in [3.8, 4) is 11.5 Å². The summed E-state index contributed by atoms with van der Waals surface area (Å²) in [5.41, 5.74) is -0.456. The molecule has 0 saturated heterocycles. The largest absolute Gasteiger partial charge is 0.457 e. The van der Waals surface area contributed by atoms with E-state index in [1.807, 2.05) is 6.07 Å². The average molecular weight is 517 g/mol. The molecule has 0 bridgehead atoms. The van der Waals surface area contributed by atoms with E-state index in [9.17, 15) is 27.6 Å². The van der Waals surface area contributed by atoms with Crippen molar-refractivity contribution in [2.75, 3.05) is 7.05 Å². The number of para-hydroxylation sites is 1. The smallest absolute Gasteiger partial charge is 0.328 e. The van der Waals surface area contributed by atoms with E-state index in [0.717, 1.165) is 22.0 Å². The first-order valence-electron chi connectivity index (χ1n) is 10.6. The van der Waals surface area contributed by atoms with Gasteiger partial charge >= 0.3 is 5.69 Å². The lowest BCUT2D eigenvalue weighted by Crippen LogP contribution is -2.48. The first-order chi connectivity index (χ1) is 17.0. The fraction of sp³-hybridized carbons (Fsp3) is 0.217. The van der Waals surface area contributed by atoms with Crippen molar-refractivity contribution in [2.24, 2.45) is 0 Å². The van der Waals surface area contributed by atoms with E-state index in [1.165, 1.54) is 36.7 Å². The van der Waals surface area contributed by atoms with Crippen molar-refractivity contribution >= 4 is 21.7 Å². The quantitative estimate of drug-likeness (QED) is 0.205. The third kappa shape index (κ3) is 5.94. The van der Waals surface area contributed by atoms with Gasteiger partial charge in [0, 0.05) is 26.6 Å². The molecule has 2 aromatic carbocycles. The van der Waals surface area contributed by atoms with E-state index in [4.69, 9.17) is 9.94 Å². The molecule has 1 heterocycles. The first kappa shape index (κ1) is 26.5. The Kier molecular flexibility index (Phi) is 8.19. The van der Waals surface area contributed by atoms with Crippen molar-refractivity contribution in [1.82, 2.24) is 19.3 Å². The van der Waals surface area contributed by atoms with Gasteiger partial charge in [0.2, 0.25) is 10.0 Å². The van der Waals surface area contributed by atoms with E-state index >= 15 is 0 Å². The van der Waals surface area contributed by atoms with Crippen molar-refractivity contribution in [1.29, 1.82) is 0 Å². The first-order valence-corrected chi connectivity index (χ1v) is 12.1. The second kappa shape index (κ2) is 11.1. The van der Waals surface area contributed by atoms with Crippen LogP contribution in [0.3, 0.4) is 0 Å². The number of H-pyrrole nitrogens is 1. The second-order valence-corrected chi connectivity index (χ2v) is 9.72. The molecule has 0 radical (unpaired) electrons. The molecule has 0 aliphatic carbocycles. The highest BCUT2D eigenvalue weighted by Crippen LogP contribution is 2.25. The molecule has 12 nitrogen and oxygen atoms in total. The van der Waals surface area contributed by atoms with Crippen molar-refractivity contribution in [2.45, 2.75) is 30.8 Å². The number of aromatic amines is 1. The number of likely N-dealkylation sites (N-methyl/N-ethyl adjacent to an activating group) is 1. The minimum atomic E-state index is -4.24. The fourth-order valence-corrected chi connectivity index (χ4v) is 4.71. The van der Waals surface area contributed by atoms with Gasteiger partial charge in [-0.2, -0.15) is 4.31 Å². The standard InChI is InChI=1S/C23H24N4O8S/c1-15(28)19-14-21(29)27(23(31)24-19)13-12-20(22(30)25-32)26(2)36(33,34)18-10-8-17(9-11-18)35-16-6-4-3-5-7-16/h3-11,14,20,32H,12-13H2,1-2H3,(H,24,31)(H,25,30). The van der Waals surface area contributed by atoms with Crippen LogP contribution in [0.25, 0.3) is 0 Å². The average Bonchev–Trinajstić information content (AvgIpc) is 2.85. The van der Waals surface area contributed by atoms with Crippen LogP contribution >= 0.6 is 0 Å². The summed E-state index contributed by atoms with van der Waals surface area (Å²) in [7, 11) is -3.10. The molecule has 13 heteroatoms. The molecule has 3 aromatic rings. The summed E-state index contributed by atoms with van der Waals surface area (Å²) < 4.78 is 33.5. The van der Waals surface area contributed by atoms with Gasteiger partial charge in [0.15, 0.2) is 5.78 Å². The van der Waals surface area contributed by atoms with E-state index in [-0.39, 0.29) is 23.6 Å². The van der Waals surface area contributed by atoms with Crippen molar-refractivity contribution < 1.29 is 28.0 Å². The number of hydroxylamine groups is 1. The van der Waals surface area contributed by atoms with Gasteiger partial charge in [-0.05, 0) is 42.8 Å². The zero-order valence-corrected chi connectivity index (χ0v) is 20.2. The van der Waals surface area contributed by atoms with Crippen LogP contribution in [0.5, 0.6) is 11.5 Å². The maximum absolute atomic E-state index is 13.2. The molecule has 1 atom stereocenters. The number of rotatable bonds is 10. The molecule has 0 saturated carbocycles. The normalized spacial score (nSPS) is 12.2. The highest BCUT2D eigenvalue weighted by molar-refractivity contribution is 7.89. The lowest BCUT2D eigenvalue weighted by molar-refractivity contribution is -0.133. The molecule has 36 heavy (non-hydrogen) atoms. The number of amides is 1. The Bertz CT molecular complexity index is 1430. The molecule has 1 aromatic heterocycles. The fourth-order valence-electron chi connectivity index (χ4n) is 3.36. The molecule has 1 unspecified atom stereocenters. The van der Waals surface area contributed by atoms with Crippen LogP contribution in [0.2, 0.25) is 0 Å². The van der Waals surface area contributed by atoms with Crippen LogP contribution in [0.15, 0.2) is 75.1 Å². The molecule has 0 fully saturated rings. The Morgan fingerprint density at radius 3 is 2.25 bits per heavy atom. The summed E-state index contributed by atoms with van der Waals surface area (Å²) in [5.74, 6) is -0.624. The Morgan fingerprint density at radius 2 is 1.69 bits per heavy atom. The zero-order valence-electron chi connectivity index (χ0n) is 19.4. The molecule has 1 amide bonds. The number of carbonyl (C=O) groups excluding carboxylic acids is 2. The lowest BCUT2D eigenvalue weighted by atomic mass is 10.2. The Hall–Kier alpha value is -4.07. The summed E-state index contributed by atoms with van der Waals surface area (Å²) >= 11 is 0. The molecule has 190 valence electrons. The number of carbonyl (C=O) groups is 2. The monoisotopic (exact) mass is 516 g/mol. The predicted molar refractivity (Wildman–Crippen MR) is 128 cm³/mol. The molecular weight excluding hydrogens is 492 g/mol. The SMILES string of the molecule is CC(=O)c1cc(=O)n(CCC(C(=O)NO)N(C)S(=O)(=O)c2ccc(Oc3ccccc3)cc2)c(=O)[nH]1. The summed E-state index contributed by atoms with van der Waals surface area (Å²) in [4.78, 5) is 50.3. The number of Topliss-reactive ketones (excluding diaryl/α,β-unsaturated/α-hetero) is 1. The maximum atomic E-state index is 13.2. The molecule has 0 aliphatic heterocycles. The highest BCUT2D eigenvalue weighted by Gasteiger charge is 2.33. The van der Waals surface area contributed by atoms with Crippen LogP contribution in [-0.4, -0.2) is 52.3 Å². The van der Waals surface area contributed by atoms with Gasteiger partial charge in [-0.1, -0.05) is 18.2 Å². The summed E-state index contributed by atoms with van der Waals surface area (Å²) in [6.07, 6.45) is -0.334. The second-order valence-electron chi connectivity index (χ2n) is 7.72. The van der Waals surface area contributed by atoms with Crippen LogP contribution in [-0.2, 0) is 21.4 Å². The van der Waals surface area contributed by atoms with Crippen LogP contribution in [0.4, 0.5) is 0 Å². The number of ether oxygens (including phenoxy) is 1. The number of aromatic nitrogens is 2. The van der Waals surface area contributed by atoms with Gasteiger partial charge in [-0.25, -0.2) is 18.7 Å². The van der Waals surface area contributed by atoms with Gasteiger partial charge in [-0.3, -0.25) is 24.2 Å². The molecule has 3 N–H and O–H groups in total. The minimum absolute atomic E-state index is 0.151. The van der Waals surface area contributed by atoms with Gasteiger partial charge in [0.1, 0.15) is 17.5 Å². The third-order valence-electron chi connectivity index (χ3n) is 5.36.